The Hall–Kier alpha value is -1.02. The number of aryl methyl sites for hydroxylation is 1. The largest absolute Gasteiger partial charge is 0.489 e. The van der Waals surface area contributed by atoms with Crippen LogP contribution in [0.3, 0.4) is 0 Å². The summed E-state index contributed by atoms with van der Waals surface area (Å²) in [4.78, 5) is 10.2. The Labute approximate surface area is 88.8 Å². The van der Waals surface area contributed by atoms with Crippen LogP contribution in [0.15, 0.2) is 18.2 Å². The highest BCUT2D eigenvalue weighted by atomic mass is 35.5. The van der Waals surface area contributed by atoms with Crippen LogP contribution in [0.1, 0.15) is 18.9 Å². The minimum atomic E-state index is -0.133. The number of ether oxygens (including phenoxy) is 1. The van der Waals surface area contributed by atoms with E-state index in [9.17, 15) is 4.79 Å². The van der Waals surface area contributed by atoms with E-state index in [2.05, 4.69) is 0 Å². The SMILES string of the molecule is Cc1ccc(Cl)c(OC(C)CC=O)c1. The molecule has 1 aromatic rings. The van der Waals surface area contributed by atoms with Crippen molar-refractivity contribution in [2.45, 2.75) is 26.4 Å². The van der Waals surface area contributed by atoms with Crippen molar-refractivity contribution in [3.8, 4) is 5.75 Å². The molecule has 76 valence electrons. The van der Waals surface area contributed by atoms with Crippen LogP contribution in [0.2, 0.25) is 5.02 Å². The predicted octanol–water partition coefficient (Wildman–Crippen LogP) is 3.00. The van der Waals surface area contributed by atoms with Gasteiger partial charge in [-0.15, -0.1) is 0 Å². The van der Waals surface area contributed by atoms with Gasteiger partial charge in [-0.05, 0) is 31.5 Å². The first kappa shape index (κ1) is 11.1. The van der Waals surface area contributed by atoms with Gasteiger partial charge in [0, 0.05) is 6.42 Å². The number of halogens is 1. The van der Waals surface area contributed by atoms with E-state index in [1.807, 2.05) is 26.0 Å². The lowest BCUT2D eigenvalue weighted by Gasteiger charge is -2.13. The molecule has 0 aliphatic carbocycles. The van der Waals surface area contributed by atoms with Crippen LogP contribution in [-0.2, 0) is 4.79 Å². The standard InChI is InChI=1S/C11H13ClO2/c1-8-3-4-10(12)11(7-8)14-9(2)5-6-13/h3-4,6-7,9H,5H2,1-2H3. The van der Waals surface area contributed by atoms with Crippen molar-refractivity contribution < 1.29 is 9.53 Å². The van der Waals surface area contributed by atoms with Crippen molar-refractivity contribution in [2.24, 2.45) is 0 Å². The molecule has 0 heterocycles. The Morgan fingerprint density at radius 2 is 2.29 bits per heavy atom. The summed E-state index contributed by atoms with van der Waals surface area (Å²) in [6, 6.07) is 5.57. The van der Waals surface area contributed by atoms with Gasteiger partial charge in [0.25, 0.3) is 0 Å². The molecular weight excluding hydrogens is 200 g/mol. The molecule has 1 rings (SSSR count). The maximum atomic E-state index is 10.2. The van der Waals surface area contributed by atoms with Crippen LogP contribution >= 0.6 is 11.6 Å². The molecule has 1 unspecified atom stereocenters. The summed E-state index contributed by atoms with van der Waals surface area (Å²) >= 11 is 5.93. The van der Waals surface area contributed by atoms with Crippen molar-refractivity contribution in [1.29, 1.82) is 0 Å². The zero-order valence-corrected chi connectivity index (χ0v) is 9.04. The summed E-state index contributed by atoms with van der Waals surface area (Å²) in [5.74, 6) is 0.640. The molecule has 0 spiro atoms. The third-order valence-electron chi connectivity index (χ3n) is 1.84. The smallest absolute Gasteiger partial charge is 0.138 e. The number of hydrogen-bond acceptors (Lipinski definition) is 2. The lowest BCUT2D eigenvalue weighted by Crippen LogP contribution is -2.12. The van der Waals surface area contributed by atoms with Crippen LogP contribution in [0, 0.1) is 6.92 Å². The minimum absolute atomic E-state index is 0.133. The van der Waals surface area contributed by atoms with Gasteiger partial charge in [-0.1, -0.05) is 17.7 Å². The summed E-state index contributed by atoms with van der Waals surface area (Å²) in [5, 5.41) is 0.577. The molecule has 0 saturated carbocycles. The lowest BCUT2D eigenvalue weighted by atomic mass is 10.2. The van der Waals surface area contributed by atoms with E-state index >= 15 is 0 Å². The average Bonchev–Trinajstić information content (AvgIpc) is 2.12. The van der Waals surface area contributed by atoms with Gasteiger partial charge < -0.3 is 9.53 Å². The monoisotopic (exact) mass is 212 g/mol. The molecule has 14 heavy (non-hydrogen) atoms. The van der Waals surface area contributed by atoms with Crippen LogP contribution in [0.5, 0.6) is 5.75 Å². The molecule has 0 N–H and O–H groups in total. The van der Waals surface area contributed by atoms with Crippen molar-refractivity contribution in [2.75, 3.05) is 0 Å². The van der Waals surface area contributed by atoms with Crippen molar-refractivity contribution >= 4 is 17.9 Å². The summed E-state index contributed by atoms with van der Waals surface area (Å²) in [6.07, 6.45) is 1.09. The molecular formula is C11H13ClO2. The number of aldehydes is 1. The fraction of sp³-hybridized carbons (Fsp3) is 0.364. The van der Waals surface area contributed by atoms with Gasteiger partial charge in [0.2, 0.25) is 0 Å². The topological polar surface area (TPSA) is 26.3 Å². The maximum absolute atomic E-state index is 10.2. The second kappa shape index (κ2) is 5.01. The third kappa shape index (κ3) is 3.04. The van der Waals surface area contributed by atoms with E-state index in [1.165, 1.54) is 0 Å². The van der Waals surface area contributed by atoms with Crippen molar-refractivity contribution in [3.05, 3.63) is 28.8 Å². The number of rotatable bonds is 4. The number of carbonyl (C=O) groups is 1. The Morgan fingerprint density at radius 1 is 1.57 bits per heavy atom. The van der Waals surface area contributed by atoms with Gasteiger partial charge in [0.15, 0.2) is 0 Å². The van der Waals surface area contributed by atoms with Gasteiger partial charge in [0.1, 0.15) is 18.1 Å². The molecule has 0 aliphatic heterocycles. The quantitative estimate of drug-likeness (QED) is 0.718. The third-order valence-corrected chi connectivity index (χ3v) is 2.16. The summed E-state index contributed by atoms with van der Waals surface area (Å²) in [7, 11) is 0. The van der Waals surface area contributed by atoms with E-state index in [0.29, 0.717) is 17.2 Å². The second-order valence-corrected chi connectivity index (χ2v) is 3.67. The highest BCUT2D eigenvalue weighted by Gasteiger charge is 2.06. The Morgan fingerprint density at radius 3 is 2.93 bits per heavy atom. The van der Waals surface area contributed by atoms with Crippen molar-refractivity contribution in [3.63, 3.8) is 0 Å². The van der Waals surface area contributed by atoms with Crippen LogP contribution in [-0.4, -0.2) is 12.4 Å². The molecule has 0 aromatic heterocycles. The van der Waals surface area contributed by atoms with E-state index in [1.54, 1.807) is 6.07 Å². The maximum Gasteiger partial charge on any atom is 0.138 e. The van der Waals surface area contributed by atoms with E-state index in [-0.39, 0.29) is 6.10 Å². The lowest BCUT2D eigenvalue weighted by molar-refractivity contribution is -0.109. The molecule has 1 atom stereocenters. The van der Waals surface area contributed by atoms with Gasteiger partial charge in [-0.2, -0.15) is 0 Å². The van der Waals surface area contributed by atoms with Crippen molar-refractivity contribution in [1.82, 2.24) is 0 Å². The number of carbonyl (C=O) groups excluding carboxylic acids is 1. The fourth-order valence-electron chi connectivity index (χ4n) is 1.10. The Kier molecular flexibility index (Phi) is 3.96. The zero-order valence-electron chi connectivity index (χ0n) is 8.29. The molecule has 2 nitrogen and oxygen atoms in total. The average molecular weight is 213 g/mol. The fourth-order valence-corrected chi connectivity index (χ4v) is 1.26. The molecule has 3 heteroatoms. The summed E-state index contributed by atoms with van der Waals surface area (Å²) in [6.45, 7) is 3.81. The number of benzene rings is 1. The second-order valence-electron chi connectivity index (χ2n) is 3.26. The molecule has 0 saturated heterocycles. The van der Waals surface area contributed by atoms with E-state index in [4.69, 9.17) is 16.3 Å². The van der Waals surface area contributed by atoms with Gasteiger partial charge >= 0.3 is 0 Å². The molecule has 0 aliphatic rings. The first-order chi connectivity index (χ1) is 6.63. The van der Waals surface area contributed by atoms with Gasteiger partial charge in [-0.25, -0.2) is 0 Å². The van der Waals surface area contributed by atoms with Crippen LogP contribution < -0.4 is 4.74 Å². The summed E-state index contributed by atoms with van der Waals surface area (Å²) in [5.41, 5.74) is 1.09. The van der Waals surface area contributed by atoms with Gasteiger partial charge in [-0.3, -0.25) is 0 Å². The Bertz CT molecular complexity index is 323. The minimum Gasteiger partial charge on any atom is -0.489 e. The van der Waals surface area contributed by atoms with E-state index < -0.39 is 0 Å². The van der Waals surface area contributed by atoms with E-state index in [0.717, 1.165) is 11.8 Å². The zero-order chi connectivity index (χ0) is 10.6. The molecule has 1 aromatic carbocycles. The molecule has 0 radical (unpaired) electrons. The molecule has 0 bridgehead atoms. The normalized spacial score (nSPS) is 12.2. The first-order valence-corrected chi connectivity index (χ1v) is 4.87. The first-order valence-electron chi connectivity index (χ1n) is 4.50. The Balaban J connectivity index is 2.74. The van der Waals surface area contributed by atoms with Gasteiger partial charge in [0.05, 0.1) is 5.02 Å². The van der Waals surface area contributed by atoms with Crippen LogP contribution in [0.25, 0.3) is 0 Å². The highest BCUT2D eigenvalue weighted by molar-refractivity contribution is 6.32. The number of hydrogen-bond donors (Lipinski definition) is 0. The molecule has 0 fully saturated rings. The van der Waals surface area contributed by atoms with Crippen LogP contribution in [0.4, 0.5) is 0 Å². The summed E-state index contributed by atoms with van der Waals surface area (Å²) < 4.78 is 5.50. The molecule has 0 amide bonds. The highest BCUT2D eigenvalue weighted by Crippen LogP contribution is 2.26. The predicted molar refractivity (Wildman–Crippen MR) is 57.0 cm³/mol.